The molecule has 0 aliphatic carbocycles. The summed E-state index contributed by atoms with van der Waals surface area (Å²) in [6.07, 6.45) is 5.89. The van der Waals surface area contributed by atoms with Gasteiger partial charge in [0.25, 0.3) is 5.56 Å². The SMILES string of the molecule is Cc1cn(-c2ccc(Cc3c(Br)cnn(Cc4ccc(F)cc4)c3=O)cc2C)cn1. The monoisotopic (exact) mass is 466 g/mol. The van der Waals surface area contributed by atoms with Crippen LogP contribution in [0.1, 0.15) is 27.9 Å². The lowest BCUT2D eigenvalue weighted by molar-refractivity contribution is 0.615. The largest absolute Gasteiger partial charge is 0.306 e. The minimum Gasteiger partial charge on any atom is -0.306 e. The molecule has 4 aromatic rings. The highest BCUT2D eigenvalue weighted by Gasteiger charge is 2.12. The van der Waals surface area contributed by atoms with Crippen LogP contribution in [-0.4, -0.2) is 19.3 Å². The Bertz CT molecular complexity index is 1260. The number of nitrogens with zero attached hydrogens (tertiary/aromatic N) is 4. The summed E-state index contributed by atoms with van der Waals surface area (Å²) >= 11 is 3.47. The zero-order chi connectivity index (χ0) is 21.3. The molecule has 152 valence electrons. The first-order chi connectivity index (χ1) is 14.4. The number of benzene rings is 2. The molecule has 0 saturated heterocycles. The molecule has 0 aliphatic heterocycles. The molecule has 0 amide bonds. The summed E-state index contributed by atoms with van der Waals surface area (Å²) in [5, 5.41) is 4.22. The van der Waals surface area contributed by atoms with Crippen molar-refractivity contribution in [2.24, 2.45) is 0 Å². The summed E-state index contributed by atoms with van der Waals surface area (Å²) in [5.41, 5.74) is 5.43. The van der Waals surface area contributed by atoms with Crippen LogP contribution in [0.3, 0.4) is 0 Å². The highest BCUT2D eigenvalue weighted by Crippen LogP contribution is 2.20. The Labute approximate surface area is 182 Å². The molecular weight excluding hydrogens is 447 g/mol. The Balaban J connectivity index is 1.62. The molecule has 0 N–H and O–H groups in total. The molecule has 0 fully saturated rings. The minimum atomic E-state index is -0.305. The molecule has 0 atom stereocenters. The van der Waals surface area contributed by atoms with E-state index in [1.54, 1.807) is 24.7 Å². The van der Waals surface area contributed by atoms with Crippen LogP contribution in [0.15, 0.2) is 70.5 Å². The lowest BCUT2D eigenvalue weighted by Gasteiger charge is -2.12. The molecule has 0 aliphatic rings. The maximum Gasteiger partial charge on any atom is 0.271 e. The third-order valence-corrected chi connectivity index (χ3v) is 5.65. The number of hydrogen-bond donors (Lipinski definition) is 0. The van der Waals surface area contributed by atoms with Crippen LogP contribution >= 0.6 is 15.9 Å². The van der Waals surface area contributed by atoms with E-state index < -0.39 is 0 Å². The zero-order valence-electron chi connectivity index (χ0n) is 16.6. The summed E-state index contributed by atoms with van der Waals surface area (Å²) in [7, 11) is 0. The van der Waals surface area contributed by atoms with Gasteiger partial charge in [0.2, 0.25) is 0 Å². The number of aromatic nitrogens is 4. The normalized spacial score (nSPS) is 11.1. The van der Waals surface area contributed by atoms with Crippen molar-refractivity contribution in [2.45, 2.75) is 26.8 Å². The molecule has 0 saturated carbocycles. The Kier molecular flexibility index (Phi) is 5.63. The molecule has 2 aromatic heterocycles. The smallest absolute Gasteiger partial charge is 0.271 e. The number of rotatable bonds is 5. The minimum absolute atomic E-state index is 0.166. The highest BCUT2D eigenvalue weighted by molar-refractivity contribution is 9.10. The first-order valence-electron chi connectivity index (χ1n) is 9.50. The third-order valence-electron chi connectivity index (χ3n) is 4.97. The number of imidazole rings is 1. The molecular formula is C23H20BrFN4O. The predicted molar refractivity (Wildman–Crippen MR) is 118 cm³/mol. The van der Waals surface area contributed by atoms with Gasteiger partial charge >= 0.3 is 0 Å². The molecule has 4 rings (SSSR count). The van der Waals surface area contributed by atoms with Crippen LogP contribution in [-0.2, 0) is 13.0 Å². The molecule has 30 heavy (non-hydrogen) atoms. The van der Waals surface area contributed by atoms with E-state index in [0.29, 0.717) is 16.5 Å². The third kappa shape index (κ3) is 4.26. The fourth-order valence-corrected chi connectivity index (χ4v) is 3.82. The van der Waals surface area contributed by atoms with Crippen LogP contribution < -0.4 is 5.56 Å². The molecule has 0 unspecified atom stereocenters. The van der Waals surface area contributed by atoms with Gasteiger partial charge in [-0.15, -0.1) is 0 Å². The molecule has 5 nitrogen and oxygen atoms in total. The van der Waals surface area contributed by atoms with Gasteiger partial charge in [-0.1, -0.05) is 24.3 Å². The Hall–Kier alpha value is -3.06. The predicted octanol–water partition coefficient (Wildman–Crippen LogP) is 4.59. The fourth-order valence-electron chi connectivity index (χ4n) is 3.42. The van der Waals surface area contributed by atoms with Crippen molar-refractivity contribution in [3.8, 4) is 5.69 Å². The van der Waals surface area contributed by atoms with Crippen LogP contribution in [0.5, 0.6) is 0 Å². The van der Waals surface area contributed by atoms with E-state index in [9.17, 15) is 9.18 Å². The Morgan fingerprint density at radius 2 is 1.80 bits per heavy atom. The van der Waals surface area contributed by atoms with Crippen molar-refractivity contribution in [2.75, 3.05) is 0 Å². The van der Waals surface area contributed by atoms with E-state index in [1.807, 2.05) is 36.7 Å². The van der Waals surface area contributed by atoms with Crippen molar-refractivity contribution >= 4 is 15.9 Å². The summed E-state index contributed by atoms with van der Waals surface area (Å²) in [5.74, 6) is -0.305. The average molecular weight is 467 g/mol. The first kappa shape index (κ1) is 20.2. The molecule has 7 heteroatoms. The topological polar surface area (TPSA) is 52.7 Å². The van der Waals surface area contributed by atoms with Gasteiger partial charge in [0.1, 0.15) is 5.82 Å². The fraction of sp³-hybridized carbons (Fsp3) is 0.174. The van der Waals surface area contributed by atoms with Gasteiger partial charge in [-0.25, -0.2) is 14.1 Å². The Morgan fingerprint density at radius 3 is 2.47 bits per heavy atom. The molecule has 0 radical (unpaired) electrons. The van der Waals surface area contributed by atoms with Crippen molar-refractivity contribution < 1.29 is 4.39 Å². The van der Waals surface area contributed by atoms with Crippen molar-refractivity contribution in [3.63, 3.8) is 0 Å². The maximum absolute atomic E-state index is 13.1. The average Bonchev–Trinajstić information content (AvgIpc) is 3.15. The van der Waals surface area contributed by atoms with E-state index in [2.05, 4.69) is 32.1 Å². The lowest BCUT2D eigenvalue weighted by atomic mass is 10.0. The molecule has 2 heterocycles. The second-order valence-electron chi connectivity index (χ2n) is 7.28. The quantitative estimate of drug-likeness (QED) is 0.432. The standard InChI is InChI=1S/C23H20BrFN4O/c1-15-9-18(5-8-22(15)28-12-16(2)26-14-28)10-20-21(24)11-27-29(23(20)30)13-17-3-6-19(25)7-4-17/h3-9,11-12,14H,10,13H2,1-2H3. The van der Waals surface area contributed by atoms with E-state index in [-0.39, 0.29) is 17.9 Å². The summed E-state index contributed by atoms with van der Waals surface area (Å²) in [4.78, 5) is 17.3. The van der Waals surface area contributed by atoms with Crippen LogP contribution in [0.4, 0.5) is 4.39 Å². The molecule has 2 aromatic carbocycles. The number of aryl methyl sites for hydroxylation is 2. The number of halogens is 2. The van der Waals surface area contributed by atoms with E-state index in [0.717, 1.165) is 28.1 Å². The molecule has 0 bridgehead atoms. The van der Waals surface area contributed by atoms with E-state index in [4.69, 9.17) is 0 Å². The van der Waals surface area contributed by atoms with Crippen molar-refractivity contribution in [1.82, 2.24) is 19.3 Å². The van der Waals surface area contributed by atoms with Gasteiger partial charge in [-0.05, 0) is 64.7 Å². The van der Waals surface area contributed by atoms with Crippen molar-refractivity contribution in [3.05, 3.63) is 110 Å². The second-order valence-corrected chi connectivity index (χ2v) is 8.13. The van der Waals surface area contributed by atoms with Gasteiger partial charge in [0.15, 0.2) is 0 Å². The number of hydrogen-bond acceptors (Lipinski definition) is 3. The molecule has 0 spiro atoms. The lowest BCUT2D eigenvalue weighted by Crippen LogP contribution is -2.27. The summed E-state index contributed by atoms with van der Waals surface area (Å²) in [6, 6.07) is 12.2. The zero-order valence-corrected chi connectivity index (χ0v) is 18.2. The van der Waals surface area contributed by atoms with Gasteiger partial charge < -0.3 is 4.57 Å². The van der Waals surface area contributed by atoms with E-state index in [1.165, 1.54) is 16.8 Å². The van der Waals surface area contributed by atoms with Gasteiger partial charge in [0.05, 0.1) is 24.8 Å². The second kappa shape index (κ2) is 8.36. The maximum atomic E-state index is 13.1. The first-order valence-corrected chi connectivity index (χ1v) is 10.3. The van der Waals surface area contributed by atoms with Crippen LogP contribution in [0.2, 0.25) is 0 Å². The van der Waals surface area contributed by atoms with Crippen LogP contribution in [0.25, 0.3) is 5.69 Å². The summed E-state index contributed by atoms with van der Waals surface area (Å²) < 4.78 is 17.2. The van der Waals surface area contributed by atoms with Crippen molar-refractivity contribution in [1.29, 1.82) is 0 Å². The van der Waals surface area contributed by atoms with Gasteiger partial charge in [0, 0.05) is 28.3 Å². The van der Waals surface area contributed by atoms with Gasteiger partial charge in [-0.2, -0.15) is 5.10 Å². The van der Waals surface area contributed by atoms with E-state index >= 15 is 0 Å². The Morgan fingerprint density at radius 1 is 1.07 bits per heavy atom. The van der Waals surface area contributed by atoms with Crippen LogP contribution in [0, 0.1) is 19.7 Å². The summed E-state index contributed by atoms with van der Waals surface area (Å²) in [6.45, 7) is 4.29. The highest BCUT2D eigenvalue weighted by atomic mass is 79.9. The van der Waals surface area contributed by atoms with Gasteiger partial charge in [-0.3, -0.25) is 4.79 Å².